The molecule has 9 nitrogen and oxygen atoms in total. The van der Waals surface area contributed by atoms with Gasteiger partial charge in [-0.15, -0.1) is 0 Å². The Morgan fingerprint density at radius 2 is 2.07 bits per heavy atom. The Hall–Kier alpha value is -3.23. The van der Waals surface area contributed by atoms with Crippen LogP contribution in [-0.2, 0) is 4.74 Å². The van der Waals surface area contributed by atoms with E-state index in [4.69, 9.17) is 4.74 Å². The number of hydrogen-bond donors (Lipinski definition) is 1. The summed E-state index contributed by atoms with van der Waals surface area (Å²) < 4.78 is 4.95. The Kier molecular flexibility index (Phi) is 6.03. The summed E-state index contributed by atoms with van der Waals surface area (Å²) in [4.78, 5) is 33.4. The van der Waals surface area contributed by atoms with E-state index >= 15 is 0 Å². The summed E-state index contributed by atoms with van der Waals surface area (Å²) in [5, 5.41) is 14.8. The summed E-state index contributed by atoms with van der Waals surface area (Å²) in [6.45, 7) is 4.81. The van der Waals surface area contributed by atoms with Crippen molar-refractivity contribution in [3.05, 3.63) is 46.3 Å². The topological polar surface area (TPSA) is 110 Å². The van der Waals surface area contributed by atoms with Crippen LogP contribution in [0.5, 0.6) is 0 Å². The van der Waals surface area contributed by atoms with Crippen LogP contribution in [-0.4, -0.2) is 40.1 Å². The summed E-state index contributed by atoms with van der Waals surface area (Å²) in [5.74, 6) is 0.0398. The molecule has 0 amide bonds. The molecule has 0 saturated carbocycles. The van der Waals surface area contributed by atoms with Crippen molar-refractivity contribution in [3.8, 4) is 0 Å². The number of piperidine rings is 1. The standard InChI is InChI=1S/C19H23N5O4/c1-3-28-19(25)14-7-9-15(10-8-14)22-17-16(24(26)27)18(21-12-20-17)23-11-5-4-6-13(23)2/h7-10,12-13H,3-6,11H2,1-2H3,(H,20,21,22). The Morgan fingerprint density at radius 1 is 1.32 bits per heavy atom. The summed E-state index contributed by atoms with van der Waals surface area (Å²) in [6.07, 6.45) is 4.39. The van der Waals surface area contributed by atoms with Gasteiger partial charge in [0.05, 0.1) is 17.1 Å². The second kappa shape index (κ2) is 8.64. The molecule has 3 rings (SSSR count). The summed E-state index contributed by atoms with van der Waals surface area (Å²) in [6, 6.07) is 6.68. The molecule has 1 saturated heterocycles. The molecule has 0 aliphatic carbocycles. The molecule has 0 radical (unpaired) electrons. The molecule has 0 bridgehead atoms. The van der Waals surface area contributed by atoms with Gasteiger partial charge in [-0.25, -0.2) is 14.8 Å². The molecule has 1 N–H and O–H groups in total. The Balaban J connectivity index is 1.89. The van der Waals surface area contributed by atoms with Gasteiger partial charge in [0.2, 0.25) is 11.6 Å². The molecule has 1 aliphatic heterocycles. The molecule has 0 spiro atoms. The second-order valence-electron chi connectivity index (χ2n) is 6.61. The summed E-state index contributed by atoms with van der Waals surface area (Å²) >= 11 is 0. The van der Waals surface area contributed by atoms with Crippen molar-refractivity contribution in [2.45, 2.75) is 39.2 Å². The van der Waals surface area contributed by atoms with Gasteiger partial charge >= 0.3 is 11.7 Å². The second-order valence-corrected chi connectivity index (χ2v) is 6.61. The van der Waals surface area contributed by atoms with Crippen molar-refractivity contribution in [1.82, 2.24) is 9.97 Å². The van der Waals surface area contributed by atoms with Gasteiger partial charge in [-0.05, 0) is 57.4 Å². The third kappa shape index (κ3) is 4.19. The van der Waals surface area contributed by atoms with Crippen molar-refractivity contribution < 1.29 is 14.5 Å². The molecule has 2 aromatic rings. The van der Waals surface area contributed by atoms with E-state index in [0.717, 1.165) is 25.8 Å². The number of aromatic nitrogens is 2. The predicted octanol–water partition coefficient (Wildman–Crippen LogP) is 3.68. The largest absolute Gasteiger partial charge is 0.462 e. The minimum absolute atomic E-state index is 0.122. The quantitative estimate of drug-likeness (QED) is 0.455. The zero-order valence-electron chi connectivity index (χ0n) is 15.9. The van der Waals surface area contributed by atoms with Crippen molar-refractivity contribution in [2.24, 2.45) is 0 Å². The van der Waals surface area contributed by atoms with Gasteiger partial charge in [0.1, 0.15) is 6.33 Å². The lowest BCUT2D eigenvalue weighted by Crippen LogP contribution is -2.38. The van der Waals surface area contributed by atoms with E-state index in [2.05, 4.69) is 15.3 Å². The van der Waals surface area contributed by atoms with Gasteiger partial charge in [0, 0.05) is 18.3 Å². The van der Waals surface area contributed by atoms with Gasteiger partial charge in [0.25, 0.3) is 0 Å². The van der Waals surface area contributed by atoms with Gasteiger partial charge < -0.3 is 15.0 Å². The smallest absolute Gasteiger partial charge is 0.353 e. The number of ether oxygens (including phenoxy) is 1. The average molecular weight is 385 g/mol. The van der Waals surface area contributed by atoms with Crippen molar-refractivity contribution in [3.63, 3.8) is 0 Å². The number of nitrogens with zero attached hydrogens (tertiary/aromatic N) is 4. The fraction of sp³-hybridized carbons (Fsp3) is 0.421. The number of benzene rings is 1. The highest BCUT2D eigenvalue weighted by Crippen LogP contribution is 2.36. The SMILES string of the molecule is CCOC(=O)c1ccc(Nc2ncnc(N3CCCCC3C)c2[N+](=O)[O-])cc1. The van der Waals surface area contributed by atoms with Gasteiger partial charge in [-0.2, -0.15) is 0 Å². The third-order valence-electron chi connectivity index (χ3n) is 4.72. The Morgan fingerprint density at radius 3 is 2.71 bits per heavy atom. The first-order chi connectivity index (χ1) is 13.5. The number of nitro groups is 1. The Bertz CT molecular complexity index is 856. The lowest BCUT2D eigenvalue weighted by Gasteiger charge is -2.33. The number of carbonyl (C=O) groups excluding carboxylic acids is 1. The van der Waals surface area contributed by atoms with E-state index in [0.29, 0.717) is 23.7 Å². The van der Waals surface area contributed by atoms with Crippen molar-refractivity contribution >= 4 is 29.0 Å². The third-order valence-corrected chi connectivity index (χ3v) is 4.72. The lowest BCUT2D eigenvalue weighted by molar-refractivity contribution is -0.383. The summed E-state index contributed by atoms with van der Waals surface area (Å²) in [7, 11) is 0. The fourth-order valence-electron chi connectivity index (χ4n) is 3.29. The van der Waals surface area contributed by atoms with E-state index in [1.54, 1.807) is 31.2 Å². The lowest BCUT2D eigenvalue weighted by atomic mass is 10.0. The first-order valence-corrected chi connectivity index (χ1v) is 9.31. The van der Waals surface area contributed by atoms with Crippen LogP contribution in [0.15, 0.2) is 30.6 Å². The fourth-order valence-corrected chi connectivity index (χ4v) is 3.29. The normalized spacial score (nSPS) is 16.5. The molecule has 148 valence electrons. The molecular formula is C19H23N5O4. The first-order valence-electron chi connectivity index (χ1n) is 9.31. The molecule has 1 fully saturated rings. The molecule has 1 aromatic heterocycles. The molecule has 1 aliphatic rings. The average Bonchev–Trinajstić information content (AvgIpc) is 2.69. The molecule has 1 atom stereocenters. The van der Waals surface area contributed by atoms with E-state index in [1.807, 2.05) is 11.8 Å². The number of esters is 1. The molecule has 1 unspecified atom stereocenters. The van der Waals surface area contributed by atoms with Gasteiger partial charge in [-0.1, -0.05) is 0 Å². The van der Waals surface area contributed by atoms with Crippen LogP contribution >= 0.6 is 0 Å². The van der Waals surface area contributed by atoms with Crippen molar-refractivity contribution in [2.75, 3.05) is 23.4 Å². The van der Waals surface area contributed by atoms with Gasteiger partial charge in [-0.3, -0.25) is 10.1 Å². The highest BCUT2D eigenvalue weighted by molar-refractivity contribution is 5.90. The molecule has 1 aromatic carbocycles. The molecule has 2 heterocycles. The van der Waals surface area contributed by atoms with E-state index < -0.39 is 10.9 Å². The minimum Gasteiger partial charge on any atom is -0.462 e. The molecule has 28 heavy (non-hydrogen) atoms. The maximum absolute atomic E-state index is 11.8. The number of rotatable bonds is 6. The van der Waals surface area contributed by atoms with E-state index in [-0.39, 0.29) is 17.5 Å². The molecular weight excluding hydrogens is 362 g/mol. The number of hydrogen-bond acceptors (Lipinski definition) is 8. The summed E-state index contributed by atoms with van der Waals surface area (Å²) in [5.41, 5.74) is 0.839. The minimum atomic E-state index is -0.452. The van der Waals surface area contributed by atoms with Crippen LogP contribution in [0.25, 0.3) is 0 Å². The number of carbonyl (C=O) groups is 1. The van der Waals surface area contributed by atoms with Crippen LogP contribution in [0.2, 0.25) is 0 Å². The molecule has 9 heteroatoms. The number of anilines is 3. The predicted molar refractivity (Wildman–Crippen MR) is 105 cm³/mol. The van der Waals surface area contributed by atoms with Crippen LogP contribution in [0.4, 0.5) is 23.0 Å². The maximum atomic E-state index is 11.8. The number of nitrogens with one attached hydrogen (secondary N) is 1. The van der Waals surface area contributed by atoms with Crippen molar-refractivity contribution in [1.29, 1.82) is 0 Å². The van der Waals surface area contributed by atoms with Crippen LogP contribution in [0, 0.1) is 10.1 Å². The maximum Gasteiger partial charge on any atom is 0.353 e. The van der Waals surface area contributed by atoms with Crippen LogP contribution < -0.4 is 10.2 Å². The zero-order valence-corrected chi connectivity index (χ0v) is 15.9. The highest BCUT2D eigenvalue weighted by atomic mass is 16.6. The van der Waals surface area contributed by atoms with Crippen LogP contribution in [0.3, 0.4) is 0 Å². The Labute approximate surface area is 162 Å². The zero-order chi connectivity index (χ0) is 20.1. The first kappa shape index (κ1) is 19.5. The van der Waals surface area contributed by atoms with E-state index in [1.165, 1.54) is 6.33 Å². The highest BCUT2D eigenvalue weighted by Gasteiger charge is 2.30. The monoisotopic (exact) mass is 385 g/mol. The van der Waals surface area contributed by atoms with Crippen LogP contribution in [0.1, 0.15) is 43.5 Å². The van der Waals surface area contributed by atoms with E-state index in [9.17, 15) is 14.9 Å². The van der Waals surface area contributed by atoms with Gasteiger partial charge in [0.15, 0.2) is 0 Å².